The second-order valence-electron chi connectivity index (χ2n) is 4.74. The zero-order valence-corrected chi connectivity index (χ0v) is 13.9. The van der Waals surface area contributed by atoms with Crippen molar-refractivity contribution in [2.75, 3.05) is 7.11 Å². The van der Waals surface area contributed by atoms with Gasteiger partial charge in [-0.05, 0) is 22.0 Å². The second-order valence-corrected chi connectivity index (χ2v) is 11.5. The van der Waals surface area contributed by atoms with Crippen molar-refractivity contribution >= 4 is 41.2 Å². The summed E-state index contributed by atoms with van der Waals surface area (Å²) in [5.41, 5.74) is 0. The van der Waals surface area contributed by atoms with Crippen molar-refractivity contribution < 1.29 is 9.53 Å². The van der Waals surface area contributed by atoms with E-state index in [1.54, 1.807) is 22.7 Å². The fourth-order valence-electron chi connectivity index (χ4n) is 1.75. The van der Waals surface area contributed by atoms with Crippen LogP contribution < -0.4 is 4.50 Å². The fourth-order valence-corrected chi connectivity index (χ4v) is 6.47. The Morgan fingerprint density at radius 1 is 1.26 bits per heavy atom. The van der Waals surface area contributed by atoms with Crippen LogP contribution in [0.3, 0.4) is 0 Å². The molecule has 0 radical (unpaired) electrons. The fraction of sp³-hybridized carbons (Fsp3) is 0.214. The molecule has 0 aliphatic rings. The minimum absolute atomic E-state index is 0.289. The molecule has 0 atom stereocenters. The molecule has 0 amide bonds. The molecule has 0 saturated heterocycles. The van der Waals surface area contributed by atoms with Gasteiger partial charge >= 0.3 is 5.97 Å². The lowest BCUT2D eigenvalue weighted by molar-refractivity contribution is -0.135. The van der Waals surface area contributed by atoms with E-state index in [1.165, 1.54) is 21.4 Å². The van der Waals surface area contributed by atoms with E-state index in [1.807, 2.05) is 0 Å². The number of carbonyl (C=O) groups is 1. The van der Waals surface area contributed by atoms with E-state index in [-0.39, 0.29) is 5.97 Å². The molecule has 0 unspecified atom stereocenters. The molecule has 2 heterocycles. The summed E-state index contributed by atoms with van der Waals surface area (Å²) in [7, 11) is -0.598. The van der Waals surface area contributed by atoms with Crippen LogP contribution in [-0.2, 0) is 9.53 Å². The maximum absolute atomic E-state index is 11.7. The molecule has 2 rings (SSSR count). The number of thiophene rings is 2. The molecule has 0 bridgehead atoms. The third-order valence-corrected chi connectivity index (χ3v) is 10.1. The lowest BCUT2D eigenvalue weighted by Gasteiger charge is -2.21. The van der Waals surface area contributed by atoms with Crippen LogP contribution in [0.2, 0.25) is 13.1 Å². The Balaban J connectivity index is 2.32. The number of hydrogen-bond donors (Lipinski definition) is 0. The van der Waals surface area contributed by atoms with Crippen LogP contribution in [0.15, 0.2) is 41.4 Å². The van der Waals surface area contributed by atoms with Gasteiger partial charge in [0.05, 0.1) is 7.11 Å². The summed E-state index contributed by atoms with van der Waals surface area (Å²) in [5.74, 6) is -0.289. The van der Waals surface area contributed by atoms with Gasteiger partial charge in [-0.1, -0.05) is 31.8 Å². The number of ether oxygens (including phenoxy) is 1. The van der Waals surface area contributed by atoms with Crippen LogP contribution in [0.1, 0.15) is 0 Å². The molecule has 0 aliphatic heterocycles. The van der Waals surface area contributed by atoms with Crippen LogP contribution in [0.25, 0.3) is 9.75 Å². The van der Waals surface area contributed by atoms with Crippen molar-refractivity contribution in [2.24, 2.45) is 0 Å². The van der Waals surface area contributed by atoms with Gasteiger partial charge < -0.3 is 4.74 Å². The minimum Gasteiger partial charge on any atom is -0.466 e. The largest absolute Gasteiger partial charge is 0.466 e. The number of carbonyl (C=O) groups excluding carboxylic acids is 1. The Hall–Kier alpha value is -1.17. The van der Waals surface area contributed by atoms with Crippen LogP contribution in [0, 0.1) is 0 Å². The average molecular weight is 308 g/mol. The summed E-state index contributed by atoms with van der Waals surface area (Å²) in [5, 5.41) is 2.69. The third kappa shape index (κ3) is 2.73. The van der Waals surface area contributed by atoms with Gasteiger partial charge in [-0.2, -0.15) is 0 Å². The normalized spacial score (nSPS) is 11.3. The highest BCUT2D eigenvalue weighted by Gasteiger charge is 2.33. The number of methoxy groups -OCH3 is 1. The molecule has 19 heavy (non-hydrogen) atoms. The van der Waals surface area contributed by atoms with Gasteiger partial charge in [-0.3, -0.25) is 0 Å². The Kier molecular flexibility index (Phi) is 4.08. The lowest BCUT2D eigenvalue weighted by Crippen LogP contribution is -2.44. The van der Waals surface area contributed by atoms with E-state index >= 15 is 0 Å². The Morgan fingerprint density at radius 2 is 2.00 bits per heavy atom. The van der Waals surface area contributed by atoms with E-state index in [0.29, 0.717) is 5.20 Å². The van der Waals surface area contributed by atoms with E-state index in [2.05, 4.69) is 49.3 Å². The van der Waals surface area contributed by atoms with Crippen molar-refractivity contribution in [3.05, 3.63) is 41.4 Å². The zero-order valence-electron chi connectivity index (χ0n) is 11.2. The Morgan fingerprint density at radius 3 is 2.58 bits per heavy atom. The molecule has 0 aliphatic carbocycles. The predicted molar refractivity (Wildman–Crippen MR) is 85.9 cm³/mol. The van der Waals surface area contributed by atoms with Crippen molar-refractivity contribution in [1.29, 1.82) is 0 Å². The number of hydrogen-bond acceptors (Lipinski definition) is 4. The maximum atomic E-state index is 11.7. The van der Waals surface area contributed by atoms with Gasteiger partial charge in [-0.25, -0.2) is 4.79 Å². The van der Waals surface area contributed by atoms with Gasteiger partial charge in [0, 0.05) is 15.0 Å². The van der Waals surface area contributed by atoms with E-state index < -0.39 is 8.07 Å². The SMILES string of the molecule is C=C(C(=O)OC)[Si](C)(C)c1ccc(-c2cccs2)s1. The monoisotopic (exact) mass is 308 g/mol. The molecule has 5 heteroatoms. The van der Waals surface area contributed by atoms with Crippen molar-refractivity contribution in [2.45, 2.75) is 13.1 Å². The van der Waals surface area contributed by atoms with Crippen LogP contribution in [-0.4, -0.2) is 21.2 Å². The topological polar surface area (TPSA) is 26.3 Å². The molecular weight excluding hydrogens is 292 g/mol. The van der Waals surface area contributed by atoms with Crippen molar-refractivity contribution in [3.63, 3.8) is 0 Å². The number of esters is 1. The lowest BCUT2D eigenvalue weighted by atomic mass is 10.4. The van der Waals surface area contributed by atoms with Gasteiger partial charge in [0.1, 0.15) is 8.07 Å². The molecule has 0 N–H and O–H groups in total. The van der Waals surface area contributed by atoms with Gasteiger partial charge in [0.2, 0.25) is 0 Å². The minimum atomic E-state index is -2.00. The first-order chi connectivity index (χ1) is 8.96. The molecule has 100 valence electrons. The first kappa shape index (κ1) is 14.2. The second kappa shape index (κ2) is 5.44. The standard InChI is InChI=1S/C14H16O2S2Si/c1-10(14(15)16-2)19(3,4)13-8-7-12(18-13)11-6-5-9-17-11/h5-9H,1H2,2-4H3. The first-order valence-electron chi connectivity index (χ1n) is 5.88. The van der Waals surface area contributed by atoms with E-state index in [9.17, 15) is 4.79 Å². The first-order valence-corrected chi connectivity index (χ1v) is 10.6. The molecule has 2 aromatic rings. The summed E-state index contributed by atoms with van der Waals surface area (Å²) in [6.45, 7) is 8.21. The van der Waals surface area contributed by atoms with Crippen molar-refractivity contribution in [3.8, 4) is 9.75 Å². The van der Waals surface area contributed by atoms with Crippen molar-refractivity contribution in [1.82, 2.24) is 0 Å². The van der Waals surface area contributed by atoms with Gasteiger partial charge in [0.25, 0.3) is 0 Å². The molecule has 0 aromatic carbocycles. The highest BCUT2D eigenvalue weighted by molar-refractivity contribution is 7.32. The smallest absolute Gasteiger partial charge is 0.329 e. The summed E-state index contributed by atoms with van der Waals surface area (Å²) in [6, 6.07) is 8.42. The highest BCUT2D eigenvalue weighted by Crippen LogP contribution is 2.30. The molecule has 2 aromatic heterocycles. The predicted octanol–water partition coefficient (Wildman–Crippen LogP) is 3.66. The highest BCUT2D eigenvalue weighted by atomic mass is 32.1. The molecule has 0 saturated carbocycles. The maximum Gasteiger partial charge on any atom is 0.329 e. The summed E-state index contributed by atoms with van der Waals surface area (Å²) in [6.07, 6.45) is 0. The van der Waals surface area contributed by atoms with E-state index in [0.717, 1.165) is 0 Å². The van der Waals surface area contributed by atoms with Crippen LogP contribution in [0.4, 0.5) is 0 Å². The summed E-state index contributed by atoms with van der Waals surface area (Å²) in [4.78, 5) is 14.2. The third-order valence-electron chi connectivity index (χ3n) is 3.17. The van der Waals surface area contributed by atoms with E-state index in [4.69, 9.17) is 4.74 Å². The molecule has 0 fully saturated rings. The molecular formula is C14H16O2S2Si. The Labute approximate surface area is 122 Å². The van der Waals surface area contributed by atoms with Crippen LogP contribution in [0.5, 0.6) is 0 Å². The van der Waals surface area contributed by atoms with Gasteiger partial charge in [0.15, 0.2) is 0 Å². The summed E-state index contributed by atoms with van der Waals surface area (Å²) >= 11 is 3.49. The molecule has 0 spiro atoms. The average Bonchev–Trinajstić information content (AvgIpc) is 3.06. The van der Waals surface area contributed by atoms with Crippen LogP contribution >= 0.6 is 22.7 Å². The molecule has 2 nitrogen and oxygen atoms in total. The quantitative estimate of drug-likeness (QED) is 0.489. The zero-order chi connectivity index (χ0) is 14.0. The Bertz CT molecular complexity index is 597. The number of rotatable bonds is 4. The van der Waals surface area contributed by atoms with Gasteiger partial charge in [-0.15, -0.1) is 22.7 Å². The summed E-state index contributed by atoms with van der Waals surface area (Å²) < 4.78 is 6.06.